The van der Waals surface area contributed by atoms with Gasteiger partial charge in [-0.2, -0.15) is 0 Å². The van der Waals surface area contributed by atoms with Crippen molar-refractivity contribution in [2.24, 2.45) is 0 Å². The monoisotopic (exact) mass is 653 g/mol. The van der Waals surface area contributed by atoms with Gasteiger partial charge in [-0.15, -0.1) is 24.5 Å². The molecular weight excluding hydrogens is 623 g/mol. The molecule has 0 unspecified atom stereocenters. The van der Waals surface area contributed by atoms with Crippen molar-refractivity contribution in [2.45, 2.75) is 51.1 Å². The van der Waals surface area contributed by atoms with Gasteiger partial charge in [-0.25, -0.2) is 8.42 Å². The van der Waals surface area contributed by atoms with Crippen LogP contribution in [0.2, 0.25) is 5.02 Å². The molecule has 3 aromatic carbocycles. The maximum atomic E-state index is 13.3. The summed E-state index contributed by atoms with van der Waals surface area (Å²) in [6, 6.07) is 16.1. The molecule has 0 spiro atoms. The Morgan fingerprint density at radius 3 is 2.19 bits per heavy atom. The molecule has 1 heterocycles. The summed E-state index contributed by atoms with van der Waals surface area (Å²) in [6.45, 7) is 8.87. The lowest BCUT2D eigenvalue weighted by atomic mass is 9.78. The molecule has 4 aromatic rings. The number of nitrogens with one attached hydrogen (secondary N) is 1. The van der Waals surface area contributed by atoms with Gasteiger partial charge in [0.15, 0.2) is 9.84 Å². The minimum atomic E-state index is -4.88. The van der Waals surface area contributed by atoms with Crippen LogP contribution in [-0.4, -0.2) is 33.5 Å². The van der Waals surface area contributed by atoms with E-state index in [0.29, 0.717) is 32.3 Å². The number of sulfone groups is 1. The number of hydrogen-bond donors (Lipinski definition) is 1. The number of anilines is 1. The number of amides is 1. The van der Waals surface area contributed by atoms with Gasteiger partial charge in [-0.1, -0.05) is 31.5 Å². The van der Waals surface area contributed by atoms with E-state index in [4.69, 9.17) is 16.3 Å². The maximum Gasteiger partial charge on any atom is 0.573 e. The maximum absolute atomic E-state index is 13.3. The first kappa shape index (κ1) is 32.6. The van der Waals surface area contributed by atoms with Crippen molar-refractivity contribution in [2.75, 3.05) is 18.2 Å². The third kappa shape index (κ3) is 7.27. The lowest BCUT2D eigenvalue weighted by Crippen LogP contribution is -2.27. The van der Waals surface area contributed by atoms with Gasteiger partial charge < -0.3 is 14.8 Å². The number of alkyl halides is 3. The molecule has 0 fully saturated rings. The van der Waals surface area contributed by atoms with Gasteiger partial charge in [-0.3, -0.25) is 4.79 Å². The topological polar surface area (TPSA) is 81.7 Å². The van der Waals surface area contributed by atoms with Crippen molar-refractivity contribution in [3.05, 3.63) is 87.3 Å². The highest BCUT2D eigenvalue weighted by atomic mass is 35.5. The fraction of sp³-hybridized carbons (Fsp3) is 0.323. The fourth-order valence-electron chi connectivity index (χ4n) is 4.50. The lowest BCUT2D eigenvalue weighted by molar-refractivity contribution is -0.274. The summed E-state index contributed by atoms with van der Waals surface area (Å²) in [4.78, 5) is 13.7. The first-order valence-corrected chi connectivity index (χ1v) is 16.3. The Balaban J connectivity index is 1.65. The number of rotatable bonds is 9. The summed E-state index contributed by atoms with van der Waals surface area (Å²) in [7, 11) is -3.38. The predicted octanol–water partition coefficient (Wildman–Crippen LogP) is 8.71. The van der Waals surface area contributed by atoms with Gasteiger partial charge in [0.2, 0.25) is 0 Å². The van der Waals surface area contributed by atoms with E-state index < -0.39 is 38.0 Å². The van der Waals surface area contributed by atoms with Crippen molar-refractivity contribution < 1.29 is 35.9 Å². The Hall–Kier alpha value is -3.28. The molecule has 0 radical (unpaired) electrons. The normalized spacial score (nSPS) is 12.8. The summed E-state index contributed by atoms with van der Waals surface area (Å²) in [5.74, 6) is -0.587. The second-order valence-electron chi connectivity index (χ2n) is 11.1. The largest absolute Gasteiger partial charge is 0.573 e. The van der Waals surface area contributed by atoms with Crippen molar-refractivity contribution in [1.29, 1.82) is 0 Å². The molecule has 0 bridgehead atoms. The standard InChI is InChI=1S/C31H31ClF3NO5S2/c1-7-40-24-14-21(15-25(17-24)41-31(33,34)35)29(2,3)20-12-22(32)16-23(13-20)36-28(37)27-11-18-10-19(8-9-26(18)42-27)30(4,5)43(6,38)39/h8-17H,7H2,1-6H3,(H,36,37). The SMILES string of the molecule is CCOc1cc(OC(F)(F)F)cc(C(C)(C)c2cc(Cl)cc(NC(=O)c3cc4cc(C(C)(C)S(C)(=O)=O)ccc4s3)c2)c1. The summed E-state index contributed by atoms with van der Waals surface area (Å²) in [5, 5.41) is 3.92. The van der Waals surface area contributed by atoms with Gasteiger partial charge in [0.1, 0.15) is 11.5 Å². The molecule has 6 nitrogen and oxygen atoms in total. The molecule has 0 saturated heterocycles. The van der Waals surface area contributed by atoms with Gasteiger partial charge in [0, 0.05) is 33.1 Å². The summed E-state index contributed by atoms with van der Waals surface area (Å²) < 4.78 is 73.1. The summed E-state index contributed by atoms with van der Waals surface area (Å²) in [5.41, 5.74) is 1.25. The van der Waals surface area contributed by atoms with Crippen LogP contribution in [0.25, 0.3) is 10.1 Å². The number of halogens is 4. The molecule has 0 aliphatic rings. The predicted molar refractivity (Wildman–Crippen MR) is 166 cm³/mol. The molecule has 1 aromatic heterocycles. The Kier molecular flexibility index (Phi) is 8.85. The van der Waals surface area contributed by atoms with Crippen LogP contribution in [0, 0.1) is 0 Å². The van der Waals surface area contributed by atoms with Crippen molar-refractivity contribution >= 4 is 54.5 Å². The second-order valence-corrected chi connectivity index (χ2v) is 15.2. The van der Waals surface area contributed by atoms with Crippen LogP contribution >= 0.6 is 22.9 Å². The van der Waals surface area contributed by atoms with Crippen LogP contribution in [-0.2, 0) is 20.0 Å². The first-order valence-electron chi connectivity index (χ1n) is 13.2. The Labute approximate surface area is 257 Å². The Bertz CT molecular complexity index is 1800. The molecule has 1 amide bonds. The minimum Gasteiger partial charge on any atom is -0.494 e. The van der Waals surface area contributed by atoms with Crippen molar-refractivity contribution in [3.8, 4) is 11.5 Å². The highest BCUT2D eigenvalue weighted by molar-refractivity contribution is 7.91. The lowest BCUT2D eigenvalue weighted by Gasteiger charge is -2.28. The molecule has 0 aliphatic heterocycles. The average Bonchev–Trinajstić information content (AvgIpc) is 3.30. The zero-order valence-corrected chi connectivity index (χ0v) is 26.7. The summed E-state index contributed by atoms with van der Waals surface area (Å²) >= 11 is 7.70. The first-order chi connectivity index (χ1) is 19.8. The van der Waals surface area contributed by atoms with E-state index in [1.165, 1.54) is 29.7 Å². The van der Waals surface area contributed by atoms with Crippen molar-refractivity contribution in [1.82, 2.24) is 0 Å². The molecule has 230 valence electrons. The number of ether oxygens (including phenoxy) is 2. The van der Waals surface area contributed by atoms with E-state index in [1.54, 1.807) is 69.3 Å². The quantitative estimate of drug-likeness (QED) is 0.195. The van der Waals surface area contributed by atoms with E-state index in [-0.39, 0.29) is 12.4 Å². The number of thiophene rings is 1. The smallest absolute Gasteiger partial charge is 0.494 e. The number of carbonyl (C=O) groups excluding carboxylic acids is 1. The molecular formula is C31H31ClF3NO5S2. The number of fused-ring (bicyclic) bond motifs is 1. The van der Waals surface area contributed by atoms with E-state index in [0.717, 1.165) is 10.1 Å². The molecule has 0 saturated carbocycles. The van der Waals surface area contributed by atoms with E-state index >= 15 is 0 Å². The van der Waals surface area contributed by atoms with Crippen LogP contribution in [0.15, 0.2) is 60.7 Å². The number of hydrogen-bond acceptors (Lipinski definition) is 6. The molecule has 12 heteroatoms. The highest BCUT2D eigenvalue weighted by Crippen LogP contribution is 2.40. The molecule has 0 atom stereocenters. The third-order valence-corrected chi connectivity index (χ3v) is 10.8. The van der Waals surface area contributed by atoms with Gasteiger partial charge in [0.25, 0.3) is 5.91 Å². The average molecular weight is 654 g/mol. The van der Waals surface area contributed by atoms with Crippen LogP contribution < -0.4 is 14.8 Å². The Morgan fingerprint density at radius 1 is 0.907 bits per heavy atom. The van der Waals surface area contributed by atoms with Gasteiger partial charge in [-0.05, 0) is 91.4 Å². The van der Waals surface area contributed by atoms with E-state index in [2.05, 4.69) is 10.1 Å². The van der Waals surface area contributed by atoms with Crippen LogP contribution in [0.1, 0.15) is 61.0 Å². The van der Waals surface area contributed by atoms with Gasteiger partial charge >= 0.3 is 6.36 Å². The highest BCUT2D eigenvalue weighted by Gasteiger charge is 2.34. The second kappa shape index (κ2) is 11.7. The molecule has 0 aliphatic carbocycles. The van der Waals surface area contributed by atoms with Crippen LogP contribution in [0.3, 0.4) is 0 Å². The number of benzene rings is 3. The zero-order valence-electron chi connectivity index (χ0n) is 24.4. The van der Waals surface area contributed by atoms with Gasteiger partial charge in [0.05, 0.1) is 16.2 Å². The summed E-state index contributed by atoms with van der Waals surface area (Å²) in [6.07, 6.45) is -3.69. The minimum absolute atomic E-state index is 0.218. The van der Waals surface area contributed by atoms with Crippen LogP contribution in [0.4, 0.5) is 18.9 Å². The number of carbonyl (C=O) groups is 1. The van der Waals surface area contributed by atoms with Crippen molar-refractivity contribution in [3.63, 3.8) is 0 Å². The Morgan fingerprint density at radius 2 is 1.56 bits per heavy atom. The fourth-order valence-corrected chi connectivity index (χ4v) is 6.23. The molecule has 4 rings (SSSR count). The third-order valence-electron chi connectivity index (χ3n) is 7.39. The van der Waals surface area contributed by atoms with E-state index in [9.17, 15) is 26.4 Å². The molecule has 43 heavy (non-hydrogen) atoms. The zero-order chi connectivity index (χ0) is 32.0. The van der Waals surface area contributed by atoms with E-state index in [1.807, 2.05) is 13.8 Å². The van der Waals surface area contributed by atoms with Crippen LogP contribution in [0.5, 0.6) is 11.5 Å². The molecule has 1 N–H and O–H groups in total.